The maximum absolute atomic E-state index is 10.9. The number of benzene rings is 1. The molecule has 0 unspecified atom stereocenters. The van der Waals surface area contributed by atoms with E-state index in [1.807, 2.05) is 25.1 Å². The van der Waals surface area contributed by atoms with Gasteiger partial charge in [0.15, 0.2) is 5.69 Å². The van der Waals surface area contributed by atoms with Crippen molar-refractivity contribution in [1.82, 2.24) is 4.98 Å². The third-order valence-corrected chi connectivity index (χ3v) is 3.54. The standard InChI is InChI=1S/C11H9BrN2O2S/c1-5-2-6(4-7(12)3-5)10-14-8(11(15)16)9(13)17-10/h2-4H,13H2,1H3,(H,15,16). The highest BCUT2D eigenvalue weighted by atomic mass is 79.9. The van der Waals surface area contributed by atoms with Crippen molar-refractivity contribution in [2.75, 3.05) is 5.73 Å². The van der Waals surface area contributed by atoms with Crippen molar-refractivity contribution in [2.24, 2.45) is 0 Å². The molecule has 0 aliphatic rings. The fraction of sp³-hybridized carbons (Fsp3) is 0.0909. The second-order valence-electron chi connectivity index (χ2n) is 3.55. The molecule has 4 nitrogen and oxygen atoms in total. The SMILES string of the molecule is Cc1cc(Br)cc(-c2nc(C(=O)O)c(N)s2)c1. The molecule has 0 bridgehead atoms. The average Bonchev–Trinajstić information content (AvgIpc) is 2.59. The van der Waals surface area contributed by atoms with Crippen LogP contribution >= 0.6 is 27.3 Å². The number of aromatic nitrogens is 1. The summed E-state index contributed by atoms with van der Waals surface area (Å²) in [5.41, 5.74) is 7.47. The number of nitrogens with two attached hydrogens (primary N) is 1. The molecule has 1 heterocycles. The smallest absolute Gasteiger partial charge is 0.357 e. The number of anilines is 1. The Morgan fingerprint density at radius 3 is 2.71 bits per heavy atom. The van der Waals surface area contributed by atoms with E-state index in [1.54, 1.807) is 0 Å². The summed E-state index contributed by atoms with van der Waals surface area (Å²) in [6.45, 7) is 1.96. The lowest BCUT2D eigenvalue weighted by Gasteiger charge is -1.99. The number of aromatic carboxylic acids is 1. The van der Waals surface area contributed by atoms with Gasteiger partial charge in [0.05, 0.1) is 0 Å². The normalized spacial score (nSPS) is 10.5. The van der Waals surface area contributed by atoms with Crippen LogP contribution in [0.15, 0.2) is 22.7 Å². The minimum atomic E-state index is -1.10. The molecule has 0 saturated heterocycles. The van der Waals surface area contributed by atoms with E-state index < -0.39 is 5.97 Å². The molecule has 1 aromatic heterocycles. The molecule has 0 saturated carbocycles. The second kappa shape index (κ2) is 4.46. The predicted octanol–water partition coefficient (Wildman–Crippen LogP) is 3.16. The van der Waals surface area contributed by atoms with Gasteiger partial charge in [0.2, 0.25) is 0 Å². The van der Waals surface area contributed by atoms with E-state index in [-0.39, 0.29) is 10.7 Å². The van der Waals surface area contributed by atoms with E-state index in [9.17, 15) is 4.79 Å². The monoisotopic (exact) mass is 312 g/mol. The molecule has 17 heavy (non-hydrogen) atoms. The van der Waals surface area contributed by atoms with E-state index in [1.165, 1.54) is 11.3 Å². The van der Waals surface area contributed by atoms with Crippen molar-refractivity contribution in [3.63, 3.8) is 0 Å². The topological polar surface area (TPSA) is 76.2 Å². The molecule has 0 amide bonds. The van der Waals surface area contributed by atoms with Crippen LogP contribution in [-0.4, -0.2) is 16.1 Å². The Hall–Kier alpha value is -1.40. The van der Waals surface area contributed by atoms with Gasteiger partial charge >= 0.3 is 5.97 Å². The molecule has 0 atom stereocenters. The molecule has 0 aliphatic carbocycles. The molecule has 0 radical (unpaired) electrons. The first-order chi connectivity index (χ1) is 7.97. The number of nitrogen functional groups attached to an aromatic ring is 1. The highest BCUT2D eigenvalue weighted by Crippen LogP contribution is 2.32. The summed E-state index contributed by atoms with van der Waals surface area (Å²) in [4.78, 5) is 14.9. The number of halogens is 1. The Morgan fingerprint density at radius 2 is 2.18 bits per heavy atom. The zero-order chi connectivity index (χ0) is 12.6. The number of aryl methyl sites for hydroxylation is 1. The van der Waals surface area contributed by atoms with Gasteiger partial charge in [-0.3, -0.25) is 0 Å². The molecular weight excluding hydrogens is 304 g/mol. The minimum absolute atomic E-state index is 0.0809. The summed E-state index contributed by atoms with van der Waals surface area (Å²) in [6, 6.07) is 5.80. The quantitative estimate of drug-likeness (QED) is 0.893. The van der Waals surface area contributed by atoms with Crippen LogP contribution in [0.1, 0.15) is 16.1 Å². The molecule has 2 rings (SSSR count). The van der Waals surface area contributed by atoms with Crippen molar-refractivity contribution < 1.29 is 9.90 Å². The van der Waals surface area contributed by atoms with Crippen LogP contribution in [0.4, 0.5) is 5.00 Å². The van der Waals surface area contributed by atoms with Gasteiger partial charge in [0.25, 0.3) is 0 Å². The number of hydrogen-bond acceptors (Lipinski definition) is 4. The Bertz CT molecular complexity index is 575. The number of thiazole rings is 1. The molecule has 0 spiro atoms. The van der Waals surface area contributed by atoms with Crippen LogP contribution in [0.3, 0.4) is 0 Å². The number of hydrogen-bond donors (Lipinski definition) is 2. The number of rotatable bonds is 2. The maximum Gasteiger partial charge on any atom is 0.357 e. The lowest BCUT2D eigenvalue weighted by atomic mass is 10.1. The zero-order valence-electron chi connectivity index (χ0n) is 8.90. The maximum atomic E-state index is 10.9. The fourth-order valence-corrected chi connectivity index (χ4v) is 2.89. The summed E-state index contributed by atoms with van der Waals surface area (Å²) in [7, 11) is 0. The molecule has 1 aromatic carbocycles. The second-order valence-corrected chi connectivity index (χ2v) is 5.50. The largest absolute Gasteiger partial charge is 0.476 e. The first-order valence-electron chi connectivity index (χ1n) is 4.74. The zero-order valence-corrected chi connectivity index (χ0v) is 11.3. The summed E-state index contributed by atoms with van der Waals surface area (Å²) in [5, 5.41) is 9.73. The number of carbonyl (C=O) groups is 1. The molecule has 2 aromatic rings. The summed E-state index contributed by atoms with van der Waals surface area (Å²) in [5.74, 6) is -1.10. The lowest BCUT2D eigenvalue weighted by Crippen LogP contribution is -2.00. The van der Waals surface area contributed by atoms with Gasteiger partial charge in [-0.05, 0) is 30.7 Å². The van der Waals surface area contributed by atoms with Crippen LogP contribution in [0.25, 0.3) is 10.6 Å². The van der Waals surface area contributed by atoms with Crippen molar-refractivity contribution in [3.05, 3.63) is 33.9 Å². The highest BCUT2D eigenvalue weighted by Gasteiger charge is 2.16. The van der Waals surface area contributed by atoms with E-state index in [4.69, 9.17) is 10.8 Å². The highest BCUT2D eigenvalue weighted by molar-refractivity contribution is 9.10. The first kappa shape index (κ1) is 12.1. The summed E-state index contributed by atoms with van der Waals surface area (Å²) < 4.78 is 0.929. The number of carboxylic acids is 1. The Kier molecular flexibility index (Phi) is 3.17. The van der Waals surface area contributed by atoms with E-state index in [2.05, 4.69) is 20.9 Å². The van der Waals surface area contributed by atoms with Crippen molar-refractivity contribution in [1.29, 1.82) is 0 Å². The van der Waals surface area contributed by atoms with Crippen LogP contribution < -0.4 is 5.73 Å². The van der Waals surface area contributed by atoms with Gasteiger partial charge in [-0.25, -0.2) is 9.78 Å². The van der Waals surface area contributed by atoms with Gasteiger partial charge in [0, 0.05) is 10.0 Å². The Morgan fingerprint density at radius 1 is 1.47 bits per heavy atom. The Balaban J connectivity index is 2.53. The van der Waals surface area contributed by atoms with Gasteiger partial charge in [-0.2, -0.15) is 0 Å². The number of nitrogens with zero attached hydrogens (tertiary/aromatic N) is 1. The van der Waals surface area contributed by atoms with Crippen LogP contribution in [0.5, 0.6) is 0 Å². The third kappa shape index (κ3) is 2.48. The summed E-state index contributed by atoms with van der Waals surface area (Å²) >= 11 is 4.57. The van der Waals surface area contributed by atoms with Crippen LogP contribution in [0.2, 0.25) is 0 Å². The van der Waals surface area contributed by atoms with E-state index in [0.29, 0.717) is 5.01 Å². The molecular formula is C11H9BrN2O2S. The summed E-state index contributed by atoms with van der Waals surface area (Å²) in [6.07, 6.45) is 0. The van der Waals surface area contributed by atoms with Crippen LogP contribution in [-0.2, 0) is 0 Å². The Labute approximate surface area is 110 Å². The van der Waals surface area contributed by atoms with Gasteiger partial charge in [-0.15, -0.1) is 0 Å². The molecule has 0 fully saturated rings. The third-order valence-electron chi connectivity index (χ3n) is 2.15. The number of carboxylic acid groups (broad SMARTS) is 1. The minimum Gasteiger partial charge on any atom is -0.476 e. The van der Waals surface area contributed by atoms with E-state index in [0.717, 1.165) is 15.6 Å². The predicted molar refractivity (Wildman–Crippen MR) is 71.4 cm³/mol. The molecule has 0 aliphatic heterocycles. The molecule has 3 N–H and O–H groups in total. The van der Waals surface area contributed by atoms with Crippen molar-refractivity contribution in [3.8, 4) is 10.6 Å². The average molecular weight is 313 g/mol. The van der Waals surface area contributed by atoms with Gasteiger partial charge in [0.1, 0.15) is 10.0 Å². The van der Waals surface area contributed by atoms with Gasteiger partial charge in [-0.1, -0.05) is 27.3 Å². The van der Waals surface area contributed by atoms with E-state index >= 15 is 0 Å². The molecule has 6 heteroatoms. The van der Waals surface area contributed by atoms with Crippen molar-refractivity contribution in [2.45, 2.75) is 6.92 Å². The first-order valence-corrected chi connectivity index (χ1v) is 6.35. The molecule has 88 valence electrons. The van der Waals surface area contributed by atoms with Crippen molar-refractivity contribution >= 4 is 38.2 Å². The fourth-order valence-electron chi connectivity index (χ4n) is 1.47. The van der Waals surface area contributed by atoms with Crippen LogP contribution in [0, 0.1) is 6.92 Å². The lowest BCUT2D eigenvalue weighted by molar-refractivity contribution is 0.0692. The van der Waals surface area contributed by atoms with Gasteiger partial charge < -0.3 is 10.8 Å².